The van der Waals surface area contributed by atoms with Crippen molar-refractivity contribution in [1.82, 2.24) is 15.3 Å². The van der Waals surface area contributed by atoms with E-state index in [0.717, 1.165) is 44.0 Å². The molecule has 7 heteroatoms. The molecule has 0 amide bonds. The van der Waals surface area contributed by atoms with Gasteiger partial charge in [-0.15, -0.1) is 0 Å². The molecule has 2 aliphatic heterocycles. The van der Waals surface area contributed by atoms with Crippen LogP contribution in [-0.2, 0) is 17.8 Å². The predicted octanol–water partition coefficient (Wildman–Crippen LogP) is 2.77. The Kier molecular flexibility index (Phi) is 4.99. The van der Waals surface area contributed by atoms with Gasteiger partial charge in [-0.05, 0) is 43.1 Å². The zero-order chi connectivity index (χ0) is 17.9. The molecule has 4 rings (SSSR count). The number of fused-ring (bicyclic) bond motifs is 1. The summed E-state index contributed by atoms with van der Waals surface area (Å²) in [6.45, 7) is 5.27. The summed E-state index contributed by atoms with van der Waals surface area (Å²) >= 11 is 5.38. The highest BCUT2D eigenvalue weighted by molar-refractivity contribution is 7.80. The molecule has 0 bridgehead atoms. The number of aryl methyl sites for hydroxylation is 1. The fourth-order valence-corrected chi connectivity index (χ4v) is 3.60. The van der Waals surface area contributed by atoms with Crippen molar-refractivity contribution in [2.75, 3.05) is 23.4 Å². The van der Waals surface area contributed by atoms with Gasteiger partial charge in [0.05, 0.1) is 6.10 Å². The van der Waals surface area contributed by atoms with Crippen molar-refractivity contribution < 1.29 is 4.74 Å². The van der Waals surface area contributed by atoms with E-state index in [0.29, 0.717) is 17.6 Å². The lowest BCUT2D eigenvalue weighted by Gasteiger charge is -2.18. The molecule has 3 heterocycles. The molecular formula is C19H23N5OS. The third-order valence-corrected chi connectivity index (χ3v) is 4.99. The Morgan fingerprint density at radius 2 is 2.04 bits per heavy atom. The topological polar surface area (TPSA) is 62.3 Å². The van der Waals surface area contributed by atoms with Gasteiger partial charge in [0, 0.05) is 38.0 Å². The second-order valence-corrected chi connectivity index (χ2v) is 7.19. The van der Waals surface area contributed by atoms with Gasteiger partial charge in [-0.2, -0.15) is 4.98 Å². The number of anilines is 2. The predicted molar refractivity (Wildman–Crippen MR) is 106 cm³/mol. The van der Waals surface area contributed by atoms with Crippen LogP contribution in [0.4, 0.5) is 11.8 Å². The van der Waals surface area contributed by atoms with Crippen LogP contribution >= 0.6 is 12.2 Å². The van der Waals surface area contributed by atoms with Crippen molar-refractivity contribution in [2.24, 2.45) is 0 Å². The molecular weight excluding hydrogens is 346 g/mol. The van der Waals surface area contributed by atoms with Crippen molar-refractivity contribution >= 4 is 29.1 Å². The number of rotatable bonds is 4. The van der Waals surface area contributed by atoms with Gasteiger partial charge >= 0.3 is 0 Å². The minimum absolute atomic E-state index is 0.242. The Balaban J connectivity index is 1.41. The molecule has 2 aromatic rings. The fraction of sp³-hybridized carbons (Fsp3) is 0.421. The van der Waals surface area contributed by atoms with E-state index >= 15 is 0 Å². The number of benzene rings is 1. The maximum Gasteiger partial charge on any atom is 0.231 e. The standard InChI is InChI=1S/C19H23N5OS/c1-13-9-17(24-11-14-5-2-3-6-15(14)12-24)22-18(21-13)23-19(26)20-10-16-7-4-8-25-16/h2-3,5-6,9,16H,4,7-8,10-12H2,1H3,(H2,20,21,22,23,26)/t16-/m0/s1. The van der Waals surface area contributed by atoms with Crippen LogP contribution in [0.5, 0.6) is 0 Å². The van der Waals surface area contributed by atoms with Crippen LogP contribution in [0, 0.1) is 6.92 Å². The summed E-state index contributed by atoms with van der Waals surface area (Å²) in [6, 6.07) is 10.5. The summed E-state index contributed by atoms with van der Waals surface area (Å²) in [5.41, 5.74) is 3.62. The largest absolute Gasteiger partial charge is 0.376 e. The number of nitrogens with zero attached hydrogens (tertiary/aromatic N) is 3. The summed E-state index contributed by atoms with van der Waals surface area (Å²) in [6.07, 6.45) is 2.44. The highest BCUT2D eigenvalue weighted by Gasteiger charge is 2.21. The average Bonchev–Trinajstić information content (AvgIpc) is 3.29. The molecule has 0 aliphatic carbocycles. The SMILES string of the molecule is Cc1cc(N2Cc3ccccc3C2)nc(NC(=S)NC[C@@H]2CCCO2)n1. The highest BCUT2D eigenvalue weighted by atomic mass is 32.1. The van der Waals surface area contributed by atoms with Crippen LogP contribution < -0.4 is 15.5 Å². The maximum absolute atomic E-state index is 5.60. The van der Waals surface area contributed by atoms with E-state index in [2.05, 4.69) is 49.8 Å². The van der Waals surface area contributed by atoms with Crippen molar-refractivity contribution in [3.05, 3.63) is 47.2 Å². The van der Waals surface area contributed by atoms with Crippen LogP contribution in [0.1, 0.15) is 29.7 Å². The summed E-state index contributed by atoms with van der Waals surface area (Å²) in [5, 5.41) is 6.83. The number of nitrogens with one attached hydrogen (secondary N) is 2. The van der Waals surface area contributed by atoms with E-state index in [9.17, 15) is 0 Å². The number of ether oxygens (including phenoxy) is 1. The molecule has 1 atom stereocenters. The van der Waals surface area contributed by atoms with Crippen molar-refractivity contribution in [3.63, 3.8) is 0 Å². The molecule has 6 nitrogen and oxygen atoms in total. The normalized spacial score (nSPS) is 18.7. The molecule has 1 saturated heterocycles. The first kappa shape index (κ1) is 17.2. The quantitative estimate of drug-likeness (QED) is 0.804. The zero-order valence-corrected chi connectivity index (χ0v) is 15.7. The van der Waals surface area contributed by atoms with Crippen molar-refractivity contribution in [1.29, 1.82) is 0 Å². The third-order valence-electron chi connectivity index (χ3n) is 4.75. The smallest absolute Gasteiger partial charge is 0.231 e. The molecule has 1 aromatic heterocycles. The Hall–Kier alpha value is -2.25. The second-order valence-electron chi connectivity index (χ2n) is 6.79. The van der Waals surface area contributed by atoms with E-state index in [1.807, 2.05) is 13.0 Å². The van der Waals surface area contributed by atoms with Crippen LogP contribution in [-0.4, -0.2) is 34.3 Å². The second kappa shape index (κ2) is 7.55. The van der Waals surface area contributed by atoms with Gasteiger partial charge in [-0.25, -0.2) is 4.98 Å². The minimum atomic E-state index is 0.242. The lowest BCUT2D eigenvalue weighted by molar-refractivity contribution is 0.114. The van der Waals surface area contributed by atoms with E-state index in [-0.39, 0.29) is 6.10 Å². The van der Waals surface area contributed by atoms with Gasteiger partial charge < -0.3 is 20.3 Å². The number of aromatic nitrogens is 2. The van der Waals surface area contributed by atoms with Crippen LogP contribution in [0.3, 0.4) is 0 Å². The van der Waals surface area contributed by atoms with Gasteiger partial charge in [0.2, 0.25) is 5.95 Å². The first-order valence-corrected chi connectivity index (χ1v) is 9.42. The fourth-order valence-electron chi connectivity index (χ4n) is 3.42. The molecule has 136 valence electrons. The lowest BCUT2D eigenvalue weighted by atomic mass is 10.1. The summed E-state index contributed by atoms with van der Waals surface area (Å²) in [7, 11) is 0. The Labute approximate surface area is 159 Å². The van der Waals surface area contributed by atoms with E-state index in [1.165, 1.54) is 11.1 Å². The Bertz CT molecular complexity index is 781. The summed E-state index contributed by atoms with van der Waals surface area (Å²) in [5.74, 6) is 1.44. The van der Waals surface area contributed by atoms with E-state index < -0.39 is 0 Å². The Morgan fingerprint density at radius 1 is 1.27 bits per heavy atom. The van der Waals surface area contributed by atoms with Gasteiger partial charge in [0.25, 0.3) is 0 Å². The van der Waals surface area contributed by atoms with Gasteiger partial charge in [-0.3, -0.25) is 0 Å². The zero-order valence-electron chi connectivity index (χ0n) is 14.9. The molecule has 0 radical (unpaired) electrons. The first-order chi connectivity index (χ1) is 12.7. The molecule has 0 saturated carbocycles. The molecule has 1 fully saturated rings. The van der Waals surface area contributed by atoms with Gasteiger partial charge in [0.15, 0.2) is 5.11 Å². The molecule has 1 aromatic carbocycles. The first-order valence-electron chi connectivity index (χ1n) is 9.01. The number of thiocarbonyl (C=S) groups is 1. The van der Waals surface area contributed by atoms with E-state index in [1.54, 1.807) is 0 Å². The number of hydrogen-bond donors (Lipinski definition) is 2. The molecule has 0 unspecified atom stereocenters. The van der Waals surface area contributed by atoms with Gasteiger partial charge in [0.1, 0.15) is 5.82 Å². The van der Waals surface area contributed by atoms with Crippen LogP contribution in [0.25, 0.3) is 0 Å². The summed E-state index contributed by atoms with van der Waals surface area (Å²) in [4.78, 5) is 11.4. The maximum atomic E-state index is 5.60. The lowest BCUT2D eigenvalue weighted by Crippen LogP contribution is -2.35. The number of hydrogen-bond acceptors (Lipinski definition) is 5. The summed E-state index contributed by atoms with van der Waals surface area (Å²) < 4.78 is 5.60. The average molecular weight is 369 g/mol. The van der Waals surface area contributed by atoms with Crippen LogP contribution in [0.15, 0.2) is 30.3 Å². The molecule has 2 N–H and O–H groups in total. The molecule has 26 heavy (non-hydrogen) atoms. The molecule has 2 aliphatic rings. The van der Waals surface area contributed by atoms with Crippen molar-refractivity contribution in [2.45, 2.75) is 39.0 Å². The van der Waals surface area contributed by atoms with E-state index in [4.69, 9.17) is 17.0 Å². The minimum Gasteiger partial charge on any atom is -0.376 e. The highest BCUT2D eigenvalue weighted by Crippen LogP contribution is 2.27. The third kappa shape index (κ3) is 3.94. The monoisotopic (exact) mass is 369 g/mol. The van der Waals surface area contributed by atoms with Crippen LogP contribution in [0.2, 0.25) is 0 Å². The van der Waals surface area contributed by atoms with Crippen molar-refractivity contribution in [3.8, 4) is 0 Å². The molecule has 0 spiro atoms. The van der Waals surface area contributed by atoms with Gasteiger partial charge in [-0.1, -0.05) is 24.3 Å². The Morgan fingerprint density at radius 3 is 2.73 bits per heavy atom.